The van der Waals surface area contributed by atoms with E-state index in [1.807, 2.05) is 37.4 Å². The van der Waals surface area contributed by atoms with E-state index in [9.17, 15) is 4.79 Å². The topological polar surface area (TPSA) is 64.9 Å². The number of anilines is 1. The SMILES string of the molecule is CC(=O)Nc1cccc(C(C)NC#N)c1. The van der Waals surface area contributed by atoms with Gasteiger partial charge in [-0.2, -0.15) is 5.26 Å². The number of nitriles is 1. The summed E-state index contributed by atoms with van der Waals surface area (Å²) in [6.45, 7) is 3.35. The van der Waals surface area contributed by atoms with Crippen molar-refractivity contribution in [1.82, 2.24) is 5.32 Å². The van der Waals surface area contributed by atoms with Crippen LogP contribution in [0.5, 0.6) is 0 Å². The van der Waals surface area contributed by atoms with E-state index in [1.54, 1.807) is 0 Å². The third-order valence-electron chi connectivity index (χ3n) is 1.99. The van der Waals surface area contributed by atoms with E-state index in [2.05, 4.69) is 10.6 Å². The molecule has 0 heterocycles. The Morgan fingerprint density at radius 2 is 2.27 bits per heavy atom. The van der Waals surface area contributed by atoms with Crippen molar-refractivity contribution in [2.75, 3.05) is 5.32 Å². The summed E-state index contributed by atoms with van der Waals surface area (Å²) in [5, 5.41) is 13.8. The largest absolute Gasteiger partial charge is 0.326 e. The van der Waals surface area contributed by atoms with Crippen LogP contribution in [0.15, 0.2) is 24.3 Å². The Morgan fingerprint density at radius 3 is 2.87 bits per heavy atom. The van der Waals surface area contributed by atoms with Crippen molar-refractivity contribution in [3.8, 4) is 6.19 Å². The van der Waals surface area contributed by atoms with Gasteiger partial charge in [-0.3, -0.25) is 4.79 Å². The van der Waals surface area contributed by atoms with Gasteiger partial charge in [0.1, 0.15) is 0 Å². The van der Waals surface area contributed by atoms with Crippen LogP contribution in [0.1, 0.15) is 25.5 Å². The zero-order valence-corrected chi connectivity index (χ0v) is 8.74. The molecule has 1 aromatic rings. The van der Waals surface area contributed by atoms with Crippen LogP contribution in [0.2, 0.25) is 0 Å². The number of nitrogens with zero attached hydrogens (tertiary/aromatic N) is 1. The van der Waals surface area contributed by atoms with Crippen molar-refractivity contribution in [2.45, 2.75) is 19.9 Å². The summed E-state index contributed by atoms with van der Waals surface area (Å²) in [5.74, 6) is -0.104. The normalized spacial score (nSPS) is 11.3. The molecule has 1 atom stereocenters. The Hall–Kier alpha value is -2.02. The summed E-state index contributed by atoms with van der Waals surface area (Å²) in [7, 11) is 0. The van der Waals surface area contributed by atoms with Gasteiger partial charge in [0.25, 0.3) is 0 Å². The van der Waals surface area contributed by atoms with Crippen LogP contribution in [0.4, 0.5) is 5.69 Å². The van der Waals surface area contributed by atoms with Gasteiger partial charge in [-0.05, 0) is 24.6 Å². The van der Waals surface area contributed by atoms with Gasteiger partial charge >= 0.3 is 0 Å². The fourth-order valence-electron chi connectivity index (χ4n) is 1.27. The maximum absolute atomic E-state index is 10.8. The molecule has 1 unspecified atom stereocenters. The molecule has 1 amide bonds. The van der Waals surface area contributed by atoms with Gasteiger partial charge in [0.05, 0.1) is 6.04 Å². The molecule has 4 heteroatoms. The minimum Gasteiger partial charge on any atom is -0.326 e. The van der Waals surface area contributed by atoms with Crippen LogP contribution in [-0.4, -0.2) is 5.91 Å². The number of nitrogens with one attached hydrogen (secondary N) is 2. The van der Waals surface area contributed by atoms with Crippen molar-refractivity contribution in [1.29, 1.82) is 5.26 Å². The average Bonchev–Trinajstić information content (AvgIpc) is 2.17. The highest BCUT2D eigenvalue weighted by atomic mass is 16.1. The van der Waals surface area contributed by atoms with Crippen LogP contribution in [0, 0.1) is 11.5 Å². The van der Waals surface area contributed by atoms with Crippen LogP contribution in [0.3, 0.4) is 0 Å². The van der Waals surface area contributed by atoms with E-state index < -0.39 is 0 Å². The summed E-state index contributed by atoms with van der Waals surface area (Å²) in [5.41, 5.74) is 1.70. The second-order valence-electron chi connectivity index (χ2n) is 3.28. The van der Waals surface area contributed by atoms with Crippen LogP contribution >= 0.6 is 0 Å². The number of benzene rings is 1. The molecule has 0 aliphatic rings. The Bertz CT molecular complexity index is 395. The first-order valence-corrected chi connectivity index (χ1v) is 4.65. The minimum atomic E-state index is -0.104. The molecule has 15 heavy (non-hydrogen) atoms. The zero-order valence-electron chi connectivity index (χ0n) is 8.74. The predicted molar refractivity (Wildman–Crippen MR) is 57.9 cm³/mol. The maximum Gasteiger partial charge on any atom is 0.221 e. The Kier molecular flexibility index (Phi) is 3.69. The second-order valence-corrected chi connectivity index (χ2v) is 3.28. The Labute approximate surface area is 88.9 Å². The lowest BCUT2D eigenvalue weighted by Gasteiger charge is -2.11. The number of carbonyl (C=O) groups is 1. The molecule has 78 valence electrons. The molecule has 0 saturated carbocycles. The third-order valence-corrected chi connectivity index (χ3v) is 1.99. The summed E-state index contributed by atoms with van der Waals surface area (Å²) in [6.07, 6.45) is 1.89. The third kappa shape index (κ3) is 3.31. The zero-order chi connectivity index (χ0) is 11.3. The molecule has 4 nitrogen and oxygen atoms in total. The molecule has 1 rings (SSSR count). The molecule has 0 saturated heterocycles. The molecule has 1 aromatic carbocycles. The molecular formula is C11H13N3O. The predicted octanol–water partition coefficient (Wildman–Crippen LogP) is 1.78. The highest BCUT2D eigenvalue weighted by Crippen LogP contribution is 2.16. The molecule has 0 fully saturated rings. The number of carbonyl (C=O) groups excluding carboxylic acids is 1. The molecule has 0 aromatic heterocycles. The van der Waals surface area contributed by atoms with Gasteiger partial charge in [-0.25, -0.2) is 0 Å². The monoisotopic (exact) mass is 203 g/mol. The van der Waals surface area contributed by atoms with Crippen molar-refractivity contribution in [2.24, 2.45) is 0 Å². The van der Waals surface area contributed by atoms with E-state index in [1.165, 1.54) is 6.92 Å². The summed E-state index contributed by atoms with van der Waals surface area (Å²) in [6, 6.07) is 7.35. The van der Waals surface area contributed by atoms with Crippen molar-refractivity contribution >= 4 is 11.6 Å². The maximum atomic E-state index is 10.8. The summed E-state index contributed by atoms with van der Waals surface area (Å²) >= 11 is 0. The van der Waals surface area contributed by atoms with Gasteiger partial charge in [0.15, 0.2) is 6.19 Å². The lowest BCUT2D eigenvalue weighted by atomic mass is 10.1. The van der Waals surface area contributed by atoms with Crippen LogP contribution < -0.4 is 10.6 Å². The number of amides is 1. The summed E-state index contributed by atoms with van der Waals surface area (Å²) < 4.78 is 0. The second kappa shape index (κ2) is 5.01. The van der Waals surface area contributed by atoms with E-state index in [0.717, 1.165) is 11.3 Å². The van der Waals surface area contributed by atoms with E-state index in [0.29, 0.717) is 0 Å². The minimum absolute atomic E-state index is 0.0521. The van der Waals surface area contributed by atoms with E-state index >= 15 is 0 Å². The first-order valence-electron chi connectivity index (χ1n) is 4.65. The first kappa shape index (κ1) is 11.1. The van der Waals surface area contributed by atoms with Crippen molar-refractivity contribution < 1.29 is 4.79 Å². The van der Waals surface area contributed by atoms with Gasteiger partial charge in [0, 0.05) is 12.6 Å². The molecule has 0 radical (unpaired) electrons. The molecule has 0 aliphatic carbocycles. The lowest BCUT2D eigenvalue weighted by molar-refractivity contribution is -0.114. The molecular weight excluding hydrogens is 190 g/mol. The number of rotatable bonds is 3. The Balaban J connectivity index is 2.83. The average molecular weight is 203 g/mol. The highest BCUT2D eigenvalue weighted by molar-refractivity contribution is 5.88. The van der Waals surface area contributed by atoms with E-state index in [4.69, 9.17) is 5.26 Å². The molecule has 0 spiro atoms. The van der Waals surface area contributed by atoms with Crippen molar-refractivity contribution in [3.05, 3.63) is 29.8 Å². The Morgan fingerprint density at radius 1 is 1.53 bits per heavy atom. The lowest BCUT2D eigenvalue weighted by Crippen LogP contribution is -2.12. The first-order chi connectivity index (χ1) is 7.13. The van der Waals surface area contributed by atoms with Crippen molar-refractivity contribution in [3.63, 3.8) is 0 Å². The summed E-state index contributed by atoms with van der Waals surface area (Å²) in [4.78, 5) is 10.8. The fourth-order valence-corrected chi connectivity index (χ4v) is 1.27. The van der Waals surface area contributed by atoms with Gasteiger partial charge in [-0.1, -0.05) is 12.1 Å². The molecule has 0 bridgehead atoms. The quantitative estimate of drug-likeness (QED) is 0.581. The molecule has 2 N–H and O–H groups in total. The van der Waals surface area contributed by atoms with Crippen LogP contribution in [0.25, 0.3) is 0 Å². The van der Waals surface area contributed by atoms with Gasteiger partial charge in [0.2, 0.25) is 5.91 Å². The number of hydrogen-bond donors (Lipinski definition) is 2. The fraction of sp³-hybridized carbons (Fsp3) is 0.273. The smallest absolute Gasteiger partial charge is 0.221 e. The highest BCUT2D eigenvalue weighted by Gasteiger charge is 2.04. The van der Waals surface area contributed by atoms with Crippen LogP contribution in [-0.2, 0) is 4.79 Å². The van der Waals surface area contributed by atoms with Gasteiger partial charge < -0.3 is 10.6 Å². The molecule has 0 aliphatic heterocycles. The standard InChI is InChI=1S/C11H13N3O/c1-8(13-7-12)10-4-3-5-11(6-10)14-9(2)15/h3-6,8,13H,1-2H3,(H,14,15). The number of hydrogen-bond acceptors (Lipinski definition) is 3. The van der Waals surface area contributed by atoms with E-state index in [-0.39, 0.29) is 11.9 Å². The van der Waals surface area contributed by atoms with Gasteiger partial charge in [-0.15, -0.1) is 0 Å².